The Morgan fingerprint density at radius 2 is 2.00 bits per heavy atom. The van der Waals surface area contributed by atoms with Crippen LogP contribution in [0.3, 0.4) is 0 Å². The smallest absolute Gasteiger partial charge is 0.115 e. The molecule has 2 aromatic rings. The van der Waals surface area contributed by atoms with Crippen molar-refractivity contribution in [3.63, 3.8) is 0 Å². The Labute approximate surface area is 109 Å². The Morgan fingerprint density at radius 1 is 1.29 bits per heavy atom. The van der Waals surface area contributed by atoms with E-state index in [1.807, 2.05) is 6.07 Å². The minimum atomic E-state index is 0.284. The summed E-state index contributed by atoms with van der Waals surface area (Å²) < 4.78 is 0. The summed E-state index contributed by atoms with van der Waals surface area (Å²) in [6.07, 6.45) is 4.78. The number of rotatable bonds is 3. The number of nitrogens with one attached hydrogen (secondary N) is 1. The molecule has 1 aromatic carbocycles. The molecule has 0 aliphatic heterocycles. The lowest BCUT2D eigenvalue weighted by atomic mass is 10.1. The van der Waals surface area contributed by atoms with Crippen LogP contribution in [0.4, 0.5) is 11.4 Å². The number of aromatic nitrogens is 2. The van der Waals surface area contributed by atoms with Crippen LogP contribution in [0.1, 0.15) is 5.56 Å². The van der Waals surface area contributed by atoms with Gasteiger partial charge in [-0.2, -0.15) is 0 Å². The van der Waals surface area contributed by atoms with Gasteiger partial charge in [-0.3, -0.25) is 0 Å². The monoisotopic (exact) mass is 264 g/mol. The van der Waals surface area contributed by atoms with E-state index < -0.39 is 0 Å². The zero-order valence-electron chi connectivity index (χ0n) is 8.72. The number of halogens is 1. The number of thiocarbonyl (C=S) groups is 1. The second-order valence-electron chi connectivity index (χ2n) is 3.31. The van der Waals surface area contributed by atoms with E-state index in [2.05, 4.69) is 15.3 Å². The van der Waals surface area contributed by atoms with Crippen molar-refractivity contribution in [3.05, 3.63) is 47.5 Å². The lowest BCUT2D eigenvalue weighted by molar-refractivity contribution is 1.17. The summed E-state index contributed by atoms with van der Waals surface area (Å²) in [5.74, 6) is 0. The van der Waals surface area contributed by atoms with Gasteiger partial charge in [-0.15, -0.1) is 0 Å². The summed E-state index contributed by atoms with van der Waals surface area (Å²) >= 11 is 10.9. The first-order chi connectivity index (χ1) is 8.16. The minimum Gasteiger partial charge on any atom is -0.389 e. The first-order valence-electron chi connectivity index (χ1n) is 4.78. The zero-order valence-corrected chi connectivity index (χ0v) is 10.3. The average molecular weight is 265 g/mol. The molecular formula is C11H9ClN4S. The van der Waals surface area contributed by atoms with Crippen molar-refractivity contribution in [1.82, 2.24) is 9.97 Å². The lowest BCUT2D eigenvalue weighted by Crippen LogP contribution is -2.12. The van der Waals surface area contributed by atoms with Crippen LogP contribution in [0, 0.1) is 0 Å². The van der Waals surface area contributed by atoms with E-state index in [0.717, 1.165) is 11.4 Å². The summed E-state index contributed by atoms with van der Waals surface area (Å²) in [6.45, 7) is 0. The molecule has 17 heavy (non-hydrogen) atoms. The molecule has 6 heteroatoms. The number of hydrogen-bond donors (Lipinski definition) is 2. The molecule has 0 bridgehead atoms. The van der Waals surface area contributed by atoms with Gasteiger partial charge in [-0.25, -0.2) is 9.97 Å². The van der Waals surface area contributed by atoms with Crippen LogP contribution in [0.25, 0.3) is 0 Å². The van der Waals surface area contributed by atoms with Crippen molar-refractivity contribution in [3.8, 4) is 0 Å². The molecule has 0 saturated heterocycles. The fourth-order valence-corrected chi connectivity index (χ4v) is 1.69. The van der Waals surface area contributed by atoms with E-state index in [-0.39, 0.29) is 4.99 Å². The molecule has 0 fully saturated rings. The molecule has 2 rings (SSSR count). The largest absolute Gasteiger partial charge is 0.389 e. The van der Waals surface area contributed by atoms with Crippen molar-refractivity contribution in [1.29, 1.82) is 0 Å². The second-order valence-corrected chi connectivity index (χ2v) is 4.18. The van der Waals surface area contributed by atoms with E-state index in [0.29, 0.717) is 10.6 Å². The molecule has 0 radical (unpaired) electrons. The number of nitrogens with zero attached hydrogens (tertiary/aromatic N) is 2. The fourth-order valence-electron chi connectivity index (χ4n) is 1.35. The highest BCUT2D eigenvalue weighted by atomic mass is 35.5. The van der Waals surface area contributed by atoms with Gasteiger partial charge in [0.15, 0.2) is 0 Å². The first kappa shape index (κ1) is 11.8. The molecule has 1 heterocycles. The SMILES string of the molecule is NC(=S)c1cc(Cl)ccc1Nc1cncnc1. The molecule has 0 unspecified atom stereocenters. The van der Waals surface area contributed by atoms with Crippen molar-refractivity contribution in [2.24, 2.45) is 5.73 Å². The van der Waals surface area contributed by atoms with Crippen molar-refractivity contribution in [2.75, 3.05) is 5.32 Å². The van der Waals surface area contributed by atoms with Crippen LogP contribution < -0.4 is 11.1 Å². The number of benzene rings is 1. The number of hydrogen-bond acceptors (Lipinski definition) is 4. The standard InChI is InChI=1S/C11H9ClN4S/c12-7-1-2-10(9(3-7)11(13)17)16-8-4-14-6-15-5-8/h1-6,16H,(H2,13,17). The average Bonchev–Trinajstić information content (AvgIpc) is 2.32. The normalized spacial score (nSPS) is 9.94. The van der Waals surface area contributed by atoms with Crippen LogP contribution in [-0.2, 0) is 0 Å². The third-order valence-corrected chi connectivity index (χ3v) is 2.54. The van der Waals surface area contributed by atoms with Gasteiger partial charge >= 0.3 is 0 Å². The molecule has 0 aliphatic carbocycles. The van der Waals surface area contributed by atoms with E-state index in [4.69, 9.17) is 29.6 Å². The highest BCUT2D eigenvalue weighted by molar-refractivity contribution is 7.80. The van der Waals surface area contributed by atoms with Gasteiger partial charge in [0, 0.05) is 16.3 Å². The van der Waals surface area contributed by atoms with Gasteiger partial charge in [0.1, 0.15) is 11.3 Å². The highest BCUT2D eigenvalue weighted by Crippen LogP contribution is 2.23. The molecule has 0 saturated carbocycles. The van der Waals surface area contributed by atoms with Crippen LogP contribution in [0.15, 0.2) is 36.9 Å². The maximum atomic E-state index is 5.90. The third-order valence-electron chi connectivity index (χ3n) is 2.09. The van der Waals surface area contributed by atoms with Gasteiger partial charge in [-0.1, -0.05) is 23.8 Å². The molecule has 0 spiro atoms. The predicted molar refractivity (Wildman–Crippen MR) is 72.7 cm³/mol. The van der Waals surface area contributed by atoms with E-state index in [1.54, 1.807) is 24.5 Å². The molecule has 4 nitrogen and oxygen atoms in total. The third kappa shape index (κ3) is 2.89. The second kappa shape index (κ2) is 5.07. The van der Waals surface area contributed by atoms with Gasteiger partial charge in [-0.05, 0) is 18.2 Å². The molecule has 0 atom stereocenters. The highest BCUT2D eigenvalue weighted by Gasteiger charge is 2.06. The van der Waals surface area contributed by atoms with Crippen LogP contribution in [0.2, 0.25) is 5.02 Å². The van der Waals surface area contributed by atoms with Gasteiger partial charge in [0.2, 0.25) is 0 Å². The molecule has 0 amide bonds. The van der Waals surface area contributed by atoms with Crippen molar-refractivity contribution >= 4 is 40.2 Å². The van der Waals surface area contributed by atoms with E-state index >= 15 is 0 Å². The van der Waals surface area contributed by atoms with Crippen LogP contribution in [-0.4, -0.2) is 15.0 Å². The van der Waals surface area contributed by atoms with Crippen LogP contribution >= 0.6 is 23.8 Å². The molecule has 86 valence electrons. The molecular weight excluding hydrogens is 256 g/mol. The summed E-state index contributed by atoms with van der Waals surface area (Å²) in [7, 11) is 0. The summed E-state index contributed by atoms with van der Waals surface area (Å²) in [5, 5.41) is 3.72. The van der Waals surface area contributed by atoms with Crippen LogP contribution in [0.5, 0.6) is 0 Å². The Hall–Kier alpha value is -1.72. The predicted octanol–water partition coefficient (Wildman–Crippen LogP) is 2.51. The number of nitrogens with two attached hydrogens (primary N) is 1. The maximum absolute atomic E-state index is 5.90. The minimum absolute atomic E-state index is 0.284. The number of anilines is 2. The fraction of sp³-hybridized carbons (Fsp3) is 0. The van der Waals surface area contributed by atoms with E-state index in [9.17, 15) is 0 Å². The molecule has 0 aliphatic rings. The van der Waals surface area contributed by atoms with Gasteiger partial charge in [0.05, 0.1) is 18.1 Å². The first-order valence-corrected chi connectivity index (χ1v) is 5.57. The Kier molecular flexibility index (Phi) is 3.51. The van der Waals surface area contributed by atoms with Gasteiger partial charge in [0.25, 0.3) is 0 Å². The Balaban J connectivity index is 2.36. The van der Waals surface area contributed by atoms with Gasteiger partial charge < -0.3 is 11.1 Å². The van der Waals surface area contributed by atoms with Crippen molar-refractivity contribution < 1.29 is 0 Å². The summed E-state index contributed by atoms with van der Waals surface area (Å²) in [5.41, 5.74) is 7.86. The lowest BCUT2D eigenvalue weighted by Gasteiger charge is -2.10. The summed E-state index contributed by atoms with van der Waals surface area (Å²) in [4.78, 5) is 8.10. The molecule has 1 aromatic heterocycles. The maximum Gasteiger partial charge on any atom is 0.115 e. The quantitative estimate of drug-likeness (QED) is 0.834. The topological polar surface area (TPSA) is 63.8 Å². The Morgan fingerprint density at radius 3 is 2.65 bits per heavy atom. The Bertz CT molecular complexity index is 544. The zero-order chi connectivity index (χ0) is 12.3. The summed E-state index contributed by atoms with van der Waals surface area (Å²) in [6, 6.07) is 5.29. The van der Waals surface area contributed by atoms with Crippen molar-refractivity contribution in [2.45, 2.75) is 0 Å². The van der Waals surface area contributed by atoms with E-state index in [1.165, 1.54) is 6.33 Å². The molecule has 3 N–H and O–H groups in total.